The molecule has 1 heterocycles. The molecule has 0 bridgehead atoms. The highest BCUT2D eigenvalue weighted by molar-refractivity contribution is 5.67. The first-order valence-corrected chi connectivity index (χ1v) is 5.72. The summed E-state index contributed by atoms with van der Waals surface area (Å²) >= 11 is 0. The zero-order chi connectivity index (χ0) is 11.3. The largest absolute Gasteiger partial charge is 0.453 e. The summed E-state index contributed by atoms with van der Waals surface area (Å²) < 4.78 is 4.75. The molecular formula is C11H22N2O2. The minimum absolute atomic E-state index is 0.202. The summed E-state index contributed by atoms with van der Waals surface area (Å²) in [5.41, 5.74) is 5.79. The van der Waals surface area contributed by atoms with Gasteiger partial charge < -0.3 is 15.4 Å². The normalized spacial score (nSPS) is 24.5. The molecule has 0 aromatic rings. The molecule has 1 aliphatic heterocycles. The maximum Gasteiger partial charge on any atom is 0.409 e. The average molecular weight is 214 g/mol. The van der Waals surface area contributed by atoms with Crippen molar-refractivity contribution in [3.8, 4) is 0 Å². The highest BCUT2D eigenvalue weighted by Gasteiger charge is 2.22. The van der Waals surface area contributed by atoms with E-state index in [1.807, 2.05) is 6.92 Å². The average Bonchev–Trinajstić information content (AvgIpc) is 2.41. The Bertz CT molecular complexity index is 207. The topological polar surface area (TPSA) is 55.6 Å². The Morgan fingerprint density at radius 3 is 2.93 bits per heavy atom. The molecule has 0 saturated carbocycles. The first-order valence-electron chi connectivity index (χ1n) is 5.72. The summed E-state index contributed by atoms with van der Waals surface area (Å²) in [5, 5.41) is 0. The Morgan fingerprint density at radius 1 is 1.60 bits per heavy atom. The molecule has 0 spiro atoms. The molecule has 4 heteroatoms. The third-order valence-electron chi connectivity index (χ3n) is 2.91. The highest BCUT2D eigenvalue weighted by atomic mass is 16.5. The van der Waals surface area contributed by atoms with E-state index in [0.717, 1.165) is 25.9 Å². The number of nitrogens with zero attached hydrogens (tertiary/aromatic N) is 1. The van der Waals surface area contributed by atoms with Gasteiger partial charge in [0.25, 0.3) is 0 Å². The van der Waals surface area contributed by atoms with Crippen LogP contribution in [0.25, 0.3) is 0 Å². The predicted octanol–water partition coefficient (Wildman–Crippen LogP) is 1.59. The van der Waals surface area contributed by atoms with Crippen molar-refractivity contribution in [1.29, 1.82) is 0 Å². The summed E-state index contributed by atoms with van der Waals surface area (Å²) in [6.45, 7) is 3.64. The van der Waals surface area contributed by atoms with Crippen LogP contribution in [0.2, 0.25) is 0 Å². The molecule has 0 aliphatic carbocycles. The lowest BCUT2D eigenvalue weighted by Crippen LogP contribution is -2.35. The Morgan fingerprint density at radius 2 is 2.33 bits per heavy atom. The number of likely N-dealkylation sites (tertiary alicyclic amines) is 1. The molecule has 0 radical (unpaired) electrons. The van der Waals surface area contributed by atoms with Crippen LogP contribution in [-0.2, 0) is 4.74 Å². The van der Waals surface area contributed by atoms with E-state index in [0.29, 0.717) is 5.92 Å². The van der Waals surface area contributed by atoms with E-state index in [-0.39, 0.29) is 12.1 Å². The summed E-state index contributed by atoms with van der Waals surface area (Å²) in [6, 6.07) is 0.215. The predicted molar refractivity (Wildman–Crippen MR) is 59.6 cm³/mol. The van der Waals surface area contributed by atoms with Gasteiger partial charge in [-0.25, -0.2) is 4.79 Å². The molecule has 2 N–H and O–H groups in total. The maximum atomic E-state index is 11.4. The minimum Gasteiger partial charge on any atom is -0.453 e. The van der Waals surface area contributed by atoms with E-state index in [9.17, 15) is 4.79 Å². The number of rotatable bonds is 2. The first-order chi connectivity index (χ1) is 7.13. The minimum atomic E-state index is -0.202. The monoisotopic (exact) mass is 214 g/mol. The van der Waals surface area contributed by atoms with Gasteiger partial charge in [0, 0.05) is 19.1 Å². The molecule has 1 amide bonds. The van der Waals surface area contributed by atoms with Gasteiger partial charge >= 0.3 is 6.09 Å². The molecule has 4 nitrogen and oxygen atoms in total. The SMILES string of the molecule is COC(=O)N1CCCCC(CC(C)N)C1. The zero-order valence-corrected chi connectivity index (χ0v) is 9.74. The van der Waals surface area contributed by atoms with E-state index in [2.05, 4.69) is 0 Å². The fourth-order valence-electron chi connectivity index (χ4n) is 2.24. The third kappa shape index (κ3) is 4.08. The fraction of sp³-hybridized carbons (Fsp3) is 0.909. The molecular weight excluding hydrogens is 192 g/mol. The van der Waals surface area contributed by atoms with Crippen LogP contribution in [0.4, 0.5) is 4.79 Å². The van der Waals surface area contributed by atoms with E-state index >= 15 is 0 Å². The van der Waals surface area contributed by atoms with Crippen molar-refractivity contribution in [1.82, 2.24) is 4.90 Å². The molecule has 88 valence electrons. The second-order valence-electron chi connectivity index (χ2n) is 4.49. The lowest BCUT2D eigenvalue weighted by molar-refractivity contribution is 0.118. The van der Waals surface area contributed by atoms with Gasteiger partial charge in [-0.05, 0) is 32.1 Å². The van der Waals surface area contributed by atoms with Crippen molar-refractivity contribution in [3.63, 3.8) is 0 Å². The third-order valence-corrected chi connectivity index (χ3v) is 2.91. The summed E-state index contributed by atoms with van der Waals surface area (Å²) in [5.74, 6) is 0.534. The number of methoxy groups -OCH3 is 1. The van der Waals surface area contributed by atoms with Crippen LogP contribution in [0.5, 0.6) is 0 Å². The van der Waals surface area contributed by atoms with E-state index < -0.39 is 0 Å². The van der Waals surface area contributed by atoms with Gasteiger partial charge in [-0.1, -0.05) is 6.42 Å². The molecule has 15 heavy (non-hydrogen) atoms. The van der Waals surface area contributed by atoms with Gasteiger partial charge in [0.1, 0.15) is 0 Å². The van der Waals surface area contributed by atoms with Gasteiger partial charge in [0.2, 0.25) is 0 Å². The Hall–Kier alpha value is -0.770. The van der Waals surface area contributed by atoms with Gasteiger partial charge in [0.15, 0.2) is 0 Å². The van der Waals surface area contributed by atoms with Crippen LogP contribution in [-0.4, -0.2) is 37.2 Å². The number of nitrogens with two attached hydrogens (primary N) is 1. The standard InChI is InChI=1S/C11H22N2O2/c1-9(12)7-10-5-3-4-6-13(8-10)11(14)15-2/h9-10H,3-8,12H2,1-2H3. The summed E-state index contributed by atoms with van der Waals surface area (Å²) in [7, 11) is 1.44. The maximum absolute atomic E-state index is 11.4. The number of carbonyl (C=O) groups excluding carboxylic acids is 1. The van der Waals surface area contributed by atoms with Crippen molar-refractivity contribution in [2.24, 2.45) is 11.7 Å². The van der Waals surface area contributed by atoms with Gasteiger partial charge in [-0.2, -0.15) is 0 Å². The molecule has 1 aliphatic rings. The summed E-state index contributed by atoms with van der Waals surface area (Å²) in [6.07, 6.45) is 4.23. The fourth-order valence-corrected chi connectivity index (χ4v) is 2.24. The molecule has 1 rings (SSSR count). The number of hydrogen-bond acceptors (Lipinski definition) is 3. The van der Waals surface area contributed by atoms with Crippen molar-refractivity contribution in [2.45, 2.75) is 38.6 Å². The van der Waals surface area contributed by atoms with E-state index in [1.54, 1.807) is 4.90 Å². The van der Waals surface area contributed by atoms with Gasteiger partial charge in [-0.3, -0.25) is 0 Å². The Balaban J connectivity index is 2.49. The number of ether oxygens (including phenoxy) is 1. The van der Waals surface area contributed by atoms with Crippen molar-refractivity contribution < 1.29 is 9.53 Å². The smallest absolute Gasteiger partial charge is 0.409 e. The van der Waals surface area contributed by atoms with E-state index in [1.165, 1.54) is 20.0 Å². The quantitative estimate of drug-likeness (QED) is 0.759. The second-order valence-corrected chi connectivity index (χ2v) is 4.49. The van der Waals surface area contributed by atoms with Crippen LogP contribution in [0, 0.1) is 5.92 Å². The zero-order valence-electron chi connectivity index (χ0n) is 9.74. The summed E-state index contributed by atoms with van der Waals surface area (Å²) in [4.78, 5) is 13.2. The van der Waals surface area contributed by atoms with Crippen LogP contribution < -0.4 is 5.73 Å². The molecule has 0 aromatic carbocycles. The van der Waals surface area contributed by atoms with E-state index in [4.69, 9.17) is 10.5 Å². The van der Waals surface area contributed by atoms with Gasteiger partial charge in [-0.15, -0.1) is 0 Å². The van der Waals surface area contributed by atoms with Crippen LogP contribution in [0.1, 0.15) is 32.6 Å². The van der Waals surface area contributed by atoms with Crippen LogP contribution in [0.15, 0.2) is 0 Å². The van der Waals surface area contributed by atoms with Crippen LogP contribution in [0.3, 0.4) is 0 Å². The molecule has 0 aromatic heterocycles. The lowest BCUT2D eigenvalue weighted by Gasteiger charge is -2.24. The first kappa shape index (κ1) is 12.3. The molecule has 2 unspecified atom stereocenters. The number of carbonyl (C=O) groups is 1. The lowest BCUT2D eigenvalue weighted by atomic mass is 9.96. The molecule has 1 saturated heterocycles. The Kier molecular flexibility index (Phi) is 4.88. The second kappa shape index (κ2) is 5.95. The van der Waals surface area contributed by atoms with Crippen LogP contribution >= 0.6 is 0 Å². The molecule has 1 fully saturated rings. The van der Waals surface area contributed by atoms with Crippen molar-refractivity contribution >= 4 is 6.09 Å². The van der Waals surface area contributed by atoms with Gasteiger partial charge in [0.05, 0.1) is 7.11 Å². The van der Waals surface area contributed by atoms with Crippen molar-refractivity contribution in [3.05, 3.63) is 0 Å². The Labute approximate surface area is 91.8 Å². The van der Waals surface area contributed by atoms with Crippen molar-refractivity contribution in [2.75, 3.05) is 20.2 Å². The highest BCUT2D eigenvalue weighted by Crippen LogP contribution is 2.20. The number of amides is 1. The molecule has 2 atom stereocenters. The number of hydrogen-bond donors (Lipinski definition) is 1.